The van der Waals surface area contributed by atoms with Crippen LogP contribution < -0.4 is 5.32 Å². The predicted molar refractivity (Wildman–Crippen MR) is 66.2 cm³/mol. The van der Waals surface area contributed by atoms with Gasteiger partial charge in [-0.1, -0.05) is 18.2 Å². The number of nitrogens with zero attached hydrogens (tertiary/aromatic N) is 2. The zero-order chi connectivity index (χ0) is 13.9. The highest BCUT2D eigenvalue weighted by atomic mass is 19.4. The molecule has 2 rings (SSSR count). The van der Waals surface area contributed by atoms with Crippen LogP contribution in [0.15, 0.2) is 36.5 Å². The first-order valence-electron chi connectivity index (χ1n) is 5.88. The molecule has 0 aliphatic rings. The highest BCUT2D eigenvalue weighted by molar-refractivity contribution is 5.34. The van der Waals surface area contributed by atoms with Gasteiger partial charge in [0.25, 0.3) is 0 Å². The number of halogens is 3. The first-order chi connectivity index (χ1) is 9.02. The fraction of sp³-hybridized carbons (Fsp3) is 0.308. The third kappa shape index (κ3) is 3.14. The van der Waals surface area contributed by atoms with Gasteiger partial charge in [-0.25, -0.2) is 4.98 Å². The normalized spacial score (nSPS) is 11.8. The molecule has 3 nitrogen and oxygen atoms in total. The molecule has 0 aliphatic carbocycles. The van der Waals surface area contributed by atoms with Crippen molar-refractivity contribution in [3.05, 3.63) is 48.0 Å². The van der Waals surface area contributed by atoms with Crippen molar-refractivity contribution >= 4 is 0 Å². The van der Waals surface area contributed by atoms with Crippen LogP contribution in [0.4, 0.5) is 13.2 Å². The minimum Gasteiger partial charge on any atom is -0.319 e. The Morgan fingerprint density at radius 2 is 1.89 bits per heavy atom. The van der Waals surface area contributed by atoms with Crippen molar-refractivity contribution in [3.63, 3.8) is 0 Å². The average Bonchev–Trinajstić information content (AvgIpc) is 2.81. The molecular weight excluding hydrogens is 255 g/mol. The molecule has 1 N–H and O–H groups in total. The van der Waals surface area contributed by atoms with E-state index >= 15 is 0 Å². The Bertz CT molecular complexity index is 532. The number of benzene rings is 1. The smallest absolute Gasteiger partial charge is 0.319 e. The molecule has 1 aromatic carbocycles. The van der Waals surface area contributed by atoms with Crippen LogP contribution in [-0.2, 0) is 12.6 Å². The zero-order valence-corrected chi connectivity index (χ0v) is 10.4. The summed E-state index contributed by atoms with van der Waals surface area (Å²) in [6.45, 7) is 0.586. The molecular formula is C13H14F3N3. The lowest BCUT2D eigenvalue weighted by Gasteiger charge is -2.09. The van der Waals surface area contributed by atoms with Gasteiger partial charge in [0.15, 0.2) is 0 Å². The van der Waals surface area contributed by atoms with Gasteiger partial charge in [0.05, 0.1) is 5.69 Å². The minimum atomic E-state index is -4.46. The predicted octanol–water partition coefficient (Wildman–Crippen LogP) is 2.65. The van der Waals surface area contributed by atoms with Gasteiger partial charge in [-0.3, -0.25) is 4.57 Å². The third-order valence-corrected chi connectivity index (χ3v) is 2.67. The second kappa shape index (κ2) is 5.44. The van der Waals surface area contributed by atoms with Crippen LogP contribution in [0.25, 0.3) is 5.69 Å². The summed E-state index contributed by atoms with van der Waals surface area (Å²) in [7, 11) is 1.75. The fourth-order valence-electron chi connectivity index (χ4n) is 1.79. The van der Waals surface area contributed by atoms with E-state index < -0.39 is 12.0 Å². The summed E-state index contributed by atoms with van der Waals surface area (Å²) in [6.07, 6.45) is -2.57. The van der Waals surface area contributed by atoms with E-state index in [0.29, 0.717) is 24.3 Å². The Hall–Kier alpha value is -1.82. The Morgan fingerprint density at radius 3 is 2.47 bits per heavy atom. The van der Waals surface area contributed by atoms with Gasteiger partial charge in [0, 0.05) is 24.8 Å². The fourth-order valence-corrected chi connectivity index (χ4v) is 1.79. The molecule has 102 valence electrons. The van der Waals surface area contributed by atoms with Gasteiger partial charge in [-0.05, 0) is 19.2 Å². The van der Waals surface area contributed by atoms with Gasteiger partial charge in [-0.15, -0.1) is 0 Å². The lowest BCUT2D eigenvalue weighted by molar-refractivity contribution is -0.146. The molecule has 0 aliphatic heterocycles. The summed E-state index contributed by atoms with van der Waals surface area (Å²) in [6, 6.07) is 8.40. The quantitative estimate of drug-likeness (QED) is 0.924. The van der Waals surface area contributed by atoms with Crippen LogP contribution in [0.1, 0.15) is 11.5 Å². The molecule has 0 fully saturated rings. The minimum absolute atomic E-state index is 0.422. The van der Waals surface area contributed by atoms with Gasteiger partial charge in [0.1, 0.15) is 0 Å². The molecule has 0 amide bonds. The highest BCUT2D eigenvalue weighted by Gasteiger charge is 2.37. The molecule has 0 saturated heterocycles. The maximum Gasteiger partial charge on any atom is 0.450 e. The molecule has 0 bridgehead atoms. The summed E-state index contributed by atoms with van der Waals surface area (Å²) >= 11 is 0. The summed E-state index contributed by atoms with van der Waals surface area (Å²) in [5, 5.41) is 2.89. The first-order valence-corrected chi connectivity index (χ1v) is 5.88. The SMILES string of the molecule is CNCCc1cn(-c2ccccc2)c(C(F)(F)F)n1. The third-order valence-electron chi connectivity index (χ3n) is 2.67. The monoisotopic (exact) mass is 269 g/mol. The van der Waals surface area contributed by atoms with Crippen molar-refractivity contribution in [2.24, 2.45) is 0 Å². The number of hydrogen-bond acceptors (Lipinski definition) is 2. The van der Waals surface area contributed by atoms with Crippen LogP contribution in [0.3, 0.4) is 0 Å². The molecule has 0 saturated carbocycles. The van der Waals surface area contributed by atoms with Crippen molar-refractivity contribution in [3.8, 4) is 5.69 Å². The van der Waals surface area contributed by atoms with E-state index in [9.17, 15) is 13.2 Å². The molecule has 0 atom stereocenters. The Kier molecular flexibility index (Phi) is 3.90. The molecule has 1 aromatic heterocycles. The standard InChI is InChI=1S/C13H14F3N3/c1-17-8-7-10-9-19(11-5-3-2-4-6-11)12(18-10)13(14,15)16/h2-6,9,17H,7-8H2,1H3. The van der Waals surface area contributed by atoms with Gasteiger partial charge >= 0.3 is 6.18 Å². The molecule has 6 heteroatoms. The van der Waals surface area contributed by atoms with Crippen LogP contribution in [0.2, 0.25) is 0 Å². The molecule has 0 unspecified atom stereocenters. The maximum atomic E-state index is 13.0. The van der Waals surface area contributed by atoms with Gasteiger partial charge < -0.3 is 5.32 Å². The number of rotatable bonds is 4. The number of imidazole rings is 1. The van der Waals surface area contributed by atoms with Crippen LogP contribution in [-0.4, -0.2) is 23.1 Å². The van der Waals surface area contributed by atoms with Crippen molar-refractivity contribution in [2.75, 3.05) is 13.6 Å². The number of aromatic nitrogens is 2. The van der Waals surface area contributed by atoms with Gasteiger partial charge in [0.2, 0.25) is 5.82 Å². The largest absolute Gasteiger partial charge is 0.450 e. The van der Waals surface area contributed by atoms with E-state index in [4.69, 9.17) is 0 Å². The summed E-state index contributed by atoms with van der Waals surface area (Å²) < 4.78 is 40.0. The van der Waals surface area contributed by atoms with Crippen LogP contribution in [0, 0.1) is 0 Å². The molecule has 2 aromatic rings. The second-order valence-electron chi connectivity index (χ2n) is 4.11. The summed E-state index contributed by atoms with van der Waals surface area (Å²) in [5.41, 5.74) is 0.878. The number of para-hydroxylation sites is 1. The molecule has 0 radical (unpaired) electrons. The highest BCUT2D eigenvalue weighted by Crippen LogP contribution is 2.30. The average molecular weight is 269 g/mol. The van der Waals surface area contributed by atoms with E-state index in [1.54, 1.807) is 37.4 Å². The molecule has 19 heavy (non-hydrogen) atoms. The maximum absolute atomic E-state index is 13.0. The van der Waals surface area contributed by atoms with E-state index in [2.05, 4.69) is 10.3 Å². The topological polar surface area (TPSA) is 29.9 Å². The van der Waals surface area contributed by atoms with E-state index in [0.717, 1.165) is 4.57 Å². The zero-order valence-electron chi connectivity index (χ0n) is 10.4. The Morgan fingerprint density at radius 1 is 1.21 bits per heavy atom. The molecule has 0 spiro atoms. The lowest BCUT2D eigenvalue weighted by Crippen LogP contribution is -2.13. The number of alkyl halides is 3. The van der Waals surface area contributed by atoms with Crippen molar-refractivity contribution in [1.82, 2.24) is 14.9 Å². The number of likely N-dealkylation sites (N-methyl/N-ethyl adjacent to an activating group) is 1. The first kappa shape index (κ1) is 13.6. The van der Waals surface area contributed by atoms with E-state index in [1.165, 1.54) is 6.20 Å². The van der Waals surface area contributed by atoms with Crippen molar-refractivity contribution < 1.29 is 13.2 Å². The van der Waals surface area contributed by atoms with Gasteiger partial charge in [-0.2, -0.15) is 13.2 Å². The Balaban J connectivity index is 2.43. The van der Waals surface area contributed by atoms with E-state index in [-0.39, 0.29) is 0 Å². The Labute approximate surface area is 109 Å². The second-order valence-corrected chi connectivity index (χ2v) is 4.11. The number of nitrogens with one attached hydrogen (secondary N) is 1. The van der Waals surface area contributed by atoms with Crippen molar-refractivity contribution in [2.45, 2.75) is 12.6 Å². The summed E-state index contributed by atoms with van der Waals surface area (Å²) in [4.78, 5) is 3.69. The van der Waals surface area contributed by atoms with Crippen LogP contribution in [0.5, 0.6) is 0 Å². The lowest BCUT2D eigenvalue weighted by atomic mass is 10.3. The van der Waals surface area contributed by atoms with Crippen LogP contribution >= 0.6 is 0 Å². The summed E-state index contributed by atoms with van der Waals surface area (Å²) in [5.74, 6) is -0.884. The number of hydrogen-bond donors (Lipinski definition) is 1. The van der Waals surface area contributed by atoms with Crippen molar-refractivity contribution in [1.29, 1.82) is 0 Å². The van der Waals surface area contributed by atoms with E-state index in [1.807, 2.05) is 0 Å². The molecule has 1 heterocycles.